The van der Waals surface area contributed by atoms with Gasteiger partial charge in [-0.25, -0.2) is 4.21 Å². The van der Waals surface area contributed by atoms with Crippen LogP contribution < -0.4 is 0 Å². The van der Waals surface area contributed by atoms with Gasteiger partial charge in [0.1, 0.15) is 5.75 Å². The molecule has 1 atom stereocenters. The molecule has 1 rings (SSSR count). The molecule has 0 aromatic heterocycles. The molecule has 0 aliphatic carbocycles. The molecular weight excluding hydrogens is 262 g/mol. The van der Waals surface area contributed by atoms with Gasteiger partial charge in [0.05, 0.1) is 6.61 Å². The molecule has 0 amide bonds. The van der Waals surface area contributed by atoms with E-state index in [4.69, 9.17) is 11.6 Å². The highest BCUT2D eigenvalue weighted by atomic mass is 35.5. The molecule has 0 radical (unpaired) electrons. The van der Waals surface area contributed by atoms with Crippen molar-refractivity contribution in [2.24, 2.45) is 4.40 Å². The average molecular weight is 274 g/mol. The van der Waals surface area contributed by atoms with Crippen molar-refractivity contribution in [3.05, 3.63) is 34.9 Å². The first-order valence-corrected chi connectivity index (χ1v) is 6.61. The van der Waals surface area contributed by atoms with E-state index in [-0.39, 0.29) is 12.4 Å². The number of benzene rings is 1. The fraction of sp³-hybridized carbons (Fsp3) is 0.273. The van der Waals surface area contributed by atoms with E-state index in [9.17, 15) is 9.00 Å². The van der Waals surface area contributed by atoms with Crippen molar-refractivity contribution in [2.45, 2.75) is 6.92 Å². The zero-order valence-electron chi connectivity index (χ0n) is 9.26. The smallest absolute Gasteiger partial charge is 0.320 e. The summed E-state index contributed by atoms with van der Waals surface area (Å²) in [6, 6.07) is 6.90. The number of hydrogen-bond donors (Lipinski definition) is 0. The van der Waals surface area contributed by atoms with Crippen molar-refractivity contribution in [2.75, 3.05) is 12.4 Å². The fourth-order valence-electron chi connectivity index (χ4n) is 1.01. The summed E-state index contributed by atoms with van der Waals surface area (Å²) in [6.45, 7) is 1.97. The molecule has 0 aliphatic rings. The summed E-state index contributed by atoms with van der Waals surface area (Å²) in [5.74, 6) is -0.739. The molecule has 0 spiro atoms. The van der Waals surface area contributed by atoms with Gasteiger partial charge < -0.3 is 4.74 Å². The normalized spacial score (nSPS) is 12.6. The molecule has 6 heteroatoms. The minimum absolute atomic E-state index is 0.224. The molecule has 4 nitrogen and oxygen atoms in total. The van der Waals surface area contributed by atoms with Gasteiger partial charge in [0.25, 0.3) is 0 Å². The highest BCUT2D eigenvalue weighted by Gasteiger charge is 2.06. The fourth-order valence-corrected chi connectivity index (χ4v) is 1.73. The van der Waals surface area contributed by atoms with Crippen molar-refractivity contribution in [3.8, 4) is 0 Å². The Balaban J connectivity index is 2.50. The minimum atomic E-state index is -1.60. The minimum Gasteiger partial charge on any atom is -0.465 e. The topological polar surface area (TPSA) is 55.7 Å². The summed E-state index contributed by atoms with van der Waals surface area (Å²) in [5.41, 5.74) is 0.770. The van der Waals surface area contributed by atoms with Crippen LogP contribution in [0.2, 0.25) is 5.02 Å². The molecular formula is C11H12ClNO3S. The SMILES string of the molecule is CCOC(=O)C[S@](=O)/N=C/c1ccc(Cl)cc1. The maximum absolute atomic E-state index is 11.4. The first-order valence-electron chi connectivity index (χ1n) is 4.95. The number of hydrogen-bond acceptors (Lipinski definition) is 3. The Labute approximate surface area is 107 Å². The quantitative estimate of drug-likeness (QED) is 0.609. The summed E-state index contributed by atoms with van der Waals surface area (Å²) in [5, 5.41) is 0.620. The summed E-state index contributed by atoms with van der Waals surface area (Å²) >= 11 is 5.71. The maximum atomic E-state index is 11.4. The molecule has 0 N–H and O–H groups in total. The molecule has 0 fully saturated rings. The van der Waals surface area contributed by atoms with Crippen LogP contribution in [0.15, 0.2) is 28.7 Å². The molecule has 0 unspecified atom stereocenters. The Morgan fingerprint density at radius 1 is 1.47 bits per heavy atom. The van der Waals surface area contributed by atoms with Gasteiger partial charge in [-0.15, -0.1) is 0 Å². The van der Waals surface area contributed by atoms with Crippen LogP contribution in [0.5, 0.6) is 0 Å². The maximum Gasteiger partial charge on any atom is 0.320 e. The van der Waals surface area contributed by atoms with E-state index >= 15 is 0 Å². The van der Waals surface area contributed by atoms with E-state index in [0.29, 0.717) is 5.02 Å². The first kappa shape index (κ1) is 13.9. The van der Waals surface area contributed by atoms with Gasteiger partial charge in [-0.05, 0) is 24.6 Å². The molecule has 1 aromatic rings. The third-order valence-electron chi connectivity index (χ3n) is 1.74. The van der Waals surface area contributed by atoms with Crippen LogP contribution >= 0.6 is 11.6 Å². The van der Waals surface area contributed by atoms with Crippen LogP contribution in [0, 0.1) is 0 Å². The van der Waals surface area contributed by atoms with Gasteiger partial charge in [0.15, 0.2) is 11.0 Å². The molecule has 17 heavy (non-hydrogen) atoms. The second-order valence-electron chi connectivity index (χ2n) is 3.06. The zero-order chi connectivity index (χ0) is 12.7. The number of rotatable bonds is 5. The number of ether oxygens (including phenoxy) is 1. The standard InChI is InChI=1S/C11H12ClNO3S/c1-2-16-11(14)8-17(15)13-7-9-3-5-10(12)6-4-9/h3-7H,2,8H2,1H3/b13-7+/t17-/m0/s1. The third-order valence-corrected chi connectivity index (χ3v) is 2.81. The average Bonchev–Trinajstić information content (AvgIpc) is 2.28. The third kappa shape index (κ3) is 5.60. The molecule has 0 saturated carbocycles. The van der Waals surface area contributed by atoms with Crippen molar-refractivity contribution in [3.63, 3.8) is 0 Å². The molecule has 0 heterocycles. The Morgan fingerprint density at radius 2 is 2.12 bits per heavy atom. The van der Waals surface area contributed by atoms with Gasteiger partial charge in [0, 0.05) is 11.2 Å². The molecule has 1 aromatic carbocycles. The van der Waals surface area contributed by atoms with Gasteiger partial charge in [0.2, 0.25) is 0 Å². The van der Waals surface area contributed by atoms with Crippen LogP contribution in [0.1, 0.15) is 12.5 Å². The molecule has 92 valence electrons. The lowest BCUT2D eigenvalue weighted by Gasteiger charge is -1.98. The predicted molar refractivity (Wildman–Crippen MR) is 68.7 cm³/mol. The van der Waals surface area contributed by atoms with Crippen LogP contribution in [-0.4, -0.2) is 28.8 Å². The highest BCUT2D eigenvalue weighted by Crippen LogP contribution is 2.07. The number of esters is 1. The van der Waals surface area contributed by atoms with Gasteiger partial charge in [-0.1, -0.05) is 23.7 Å². The highest BCUT2D eigenvalue weighted by molar-refractivity contribution is 7.84. The van der Waals surface area contributed by atoms with E-state index in [0.717, 1.165) is 5.56 Å². The zero-order valence-corrected chi connectivity index (χ0v) is 10.8. The summed E-state index contributed by atoms with van der Waals surface area (Å²) in [4.78, 5) is 11.0. The van der Waals surface area contributed by atoms with E-state index in [1.165, 1.54) is 6.21 Å². The second kappa shape index (κ2) is 7.19. The first-order chi connectivity index (χ1) is 8.11. The number of halogens is 1. The van der Waals surface area contributed by atoms with Crippen LogP contribution in [0.3, 0.4) is 0 Å². The van der Waals surface area contributed by atoms with Gasteiger partial charge >= 0.3 is 5.97 Å². The van der Waals surface area contributed by atoms with E-state index in [1.54, 1.807) is 31.2 Å². The Kier molecular flexibility index (Phi) is 5.86. The van der Waals surface area contributed by atoms with E-state index in [1.807, 2.05) is 0 Å². The van der Waals surface area contributed by atoms with Crippen molar-refractivity contribution < 1.29 is 13.7 Å². The van der Waals surface area contributed by atoms with Crippen LogP contribution in [-0.2, 0) is 20.5 Å². The van der Waals surface area contributed by atoms with Gasteiger partial charge in [-0.3, -0.25) is 4.79 Å². The van der Waals surface area contributed by atoms with Crippen LogP contribution in [0.25, 0.3) is 0 Å². The van der Waals surface area contributed by atoms with Crippen molar-refractivity contribution in [1.82, 2.24) is 0 Å². The number of carbonyl (C=O) groups excluding carboxylic acids is 1. The number of carbonyl (C=O) groups is 1. The lowest BCUT2D eigenvalue weighted by molar-refractivity contribution is -0.139. The Hall–Kier alpha value is -1.20. The van der Waals surface area contributed by atoms with Crippen LogP contribution in [0.4, 0.5) is 0 Å². The summed E-state index contributed by atoms with van der Waals surface area (Å²) < 4.78 is 19.8. The Bertz CT molecular complexity index is 431. The lowest BCUT2D eigenvalue weighted by Crippen LogP contribution is -2.12. The molecule has 0 bridgehead atoms. The van der Waals surface area contributed by atoms with E-state index in [2.05, 4.69) is 9.13 Å². The molecule has 0 saturated heterocycles. The van der Waals surface area contributed by atoms with E-state index < -0.39 is 17.0 Å². The number of nitrogens with zero attached hydrogens (tertiary/aromatic N) is 1. The monoisotopic (exact) mass is 273 g/mol. The van der Waals surface area contributed by atoms with Gasteiger partial charge in [-0.2, -0.15) is 4.40 Å². The van der Waals surface area contributed by atoms with Crippen molar-refractivity contribution >= 4 is 34.8 Å². The second-order valence-corrected chi connectivity index (χ2v) is 4.64. The van der Waals surface area contributed by atoms with Crippen molar-refractivity contribution in [1.29, 1.82) is 0 Å². The lowest BCUT2D eigenvalue weighted by atomic mass is 10.2. The Morgan fingerprint density at radius 3 is 2.71 bits per heavy atom. The predicted octanol–water partition coefficient (Wildman–Crippen LogP) is 1.99. The summed E-state index contributed by atoms with van der Waals surface area (Å²) in [6.07, 6.45) is 1.44. The largest absolute Gasteiger partial charge is 0.465 e. The summed E-state index contributed by atoms with van der Waals surface area (Å²) in [7, 11) is -1.60. The molecule has 0 aliphatic heterocycles.